The first kappa shape index (κ1) is 41.9. The number of aromatic nitrogens is 7. The van der Waals surface area contributed by atoms with E-state index in [1.54, 1.807) is 22.8 Å². The number of benzene rings is 1. The number of carbonyl (C=O) groups excluding carboxylic acids is 2. The van der Waals surface area contributed by atoms with Crippen molar-refractivity contribution in [2.24, 2.45) is 0 Å². The van der Waals surface area contributed by atoms with Gasteiger partial charge in [0.05, 0.1) is 72.7 Å². The number of rotatable bonds is 10. The van der Waals surface area contributed by atoms with Crippen molar-refractivity contribution in [1.82, 2.24) is 49.5 Å². The highest BCUT2D eigenvalue weighted by molar-refractivity contribution is 6.01. The van der Waals surface area contributed by atoms with Gasteiger partial charge in [-0.2, -0.15) is 15.5 Å². The number of piperidine rings is 1. The summed E-state index contributed by atoms with van der Waals surface area (Å²) in [6.45, 7) is 6.89. The molecule has 4 saturated heterocycles. The number of piperazine rings is 2. The highest BCUT2D eigenvalue weighted by atomic mass is 19.1. The number of amides is 2. The number of nitrogens with zero attached hydrogens (tertiary/aromatic N) is 12. The van der Waals surface area contributed by atoms with E-state index in [0.29, 0.717) is 59.5 Å². The summed E-state index contributed by atoms with van der Waals surface area (Å²) < 4.78 is 25.2. The molecule has 3 atom stereocenters. The lowest BCUT2D eigenvalue weighted by Crippen LogP contribution is -2.64. The Kier molecular flexibility index (Phi) is 11.3. The number of nitriles is 1. The van der Waals surface area contributed by atoms with Crippen molar-refractivity contribution in [3.63, 3.8) is 0 Å². The van der Waals surface area contributed by atoms with Crippen molar-refractivity contribution in [2.45, 2.75) is 75.3 Å². The summed E-state index contributed by atoms with van der Waals surface area (Å²) in [6.07, 6.45) is 15.8. The number of fused-ring (bicyclic) bond motifs is 3. The van der Waals surface area contributed by atoms with Gasteiger partial charge in [0.1, 0.15) is 34.8 Å². The fraction of sp³-hybridized carbons (Fsp3) is 0.417. The lowest BCUT2D eigenvalue weighted by atomic mass is 9.90. The lowest BCUT2D eigenvalue weighted by Gasteiger charge is -2.50. The minimum Gasteiger partial charge on any atom is -0.378 e. The van der Waals surface area contributed by atoms with Gasteiger partial charge in [-0.3, -0.25) is 34.4 Å². The molecule has 0 radical (unpaired) electrons. The summed E-state index contributed by atoms with van der Waals surface area (Å²) in [4.78, 5) is 47.9. The fourth-order valence-electron chi connectivity index (χ4n) is 10.6. The van der Waals surface area contributed by atoms with Crippen LogP contribution in [0.15, 0.2) is 85.7 Å². The Hall–Kier alpha value is -6.81. The van der Waals surface area contributed by atoms with E-state index < -0.39 is 6.04 Å². The molecule has 1 aromatic carbocycles. The minimum absolute atomic E-state index is 0.228. The van der Waals surface area contributed by atoms with Crippen molar-refractivity contribution < 1.29 is 18.7 Å². The number of carbonyl (C=O) groups is 2. The van der Waals surface area contributed by atoms with Gasteiger partial charge in [0.25, 0.3) is 0 Å². The topological polar surface area (TPSA) is 178 Å². The molecule has 11 rings (SSSR count). The van der Waals surface area contributed by atoms with Gasteiger partial charge in [0.15, 0.2) is 0 Å². The van der Waals surface area contributed by atoms with Crippen LogP contribution in [0.3, 0.4) is 0 Å². The zero-order valence-corrected chi connectivity index (χ0v) is 36.5. The first-order chi connectivity index (χ1) is 32.3. The Balaban J connectivity index is 0.722. The minimum atomic E-state index is -0.559. The van der Waals surface area contributed by atoms with E-state index >= 15 is 4.39 Å². The van der Waals surface area contributed by atoms with Crippen LogP contribution in [0, 0.1) is 17.1 Å². The van der Waals surface area contributed by atoms with Gasteiger partial charge in [-0.25, -0.2) is 18.9 Å². The Labute approximate surface area is 381 Å². The third-order valence-electron chi connectivity index (χ3n) is 14.1. The molecule has 66 heavy (non-hydrogen) atoms. The van der Waals surface area contributed by atoms with Gasteiger partial charge < -0.3 is 19.9 Å². The van der Waals surface area contributed by atoms with E-state index in [2.05, 4.69) is 63.3 Å². The third-order valence-corrected chi connectivity index (χ3v) is 14.1. The molecule has 17 nitrogen and oxygen atoms in total. The summed E-state index contributed by atoms with van der Waals surface area (Å²) in [6, 6.07) is 18.1. The second-order valence-corrected chi connectivity index (χ2v) is 18.1. The predicted octanol–water partition coefficient (Wildman–Crippen LogP) is 4.67. The van der Waals surface area contributed by atoms with Gasteiger partial charge >= 0.3 is 0 Å². The van der Waals surface area contributed by atoms with Crippen LogP contribution in [0.4, 0.5) is 21.6 Å². The van der Waals surface area contributed by atoms with Gasteiger partial charge in [-0.15, -0.1) is 0 Å². The van der Waals surface area contributed by atoms with Gasteiger partial charge in [0.2, 0.25) is 11.8 Å². The van der Waals surface area contributed by atoms with Crippen molar-refractivity contribution in [3.8, 4) is 28.6 Å². The third kappa shape index (κ3) is 8.33. The Morgan fingerprint density at radius 3 is 2.38 bits per heavy atom. The van der Waals surface area contributed by atoms with Crippen LogP contribution in [-0.2, 0) is 20.9 Å². The standard InChI is InChI=1S/C48H51FN14O3/c49-40-19-34(55-41-10-13-45(64)57-48(41)65)5-11-43(40)59-17-15-58(16-18-59)36-6-8-37(9-7-36)62-24-33(23-53-62)42-28-63-47(32(20-50)22-54-63)46(56-42)31-4-12-44(52-21-31)60-26-38-29-66-30-39(27-60)61(38)25-35-3-1-2-14-51-35/h1-5,11-12,14,19,21-24,28,36-39,41,55H,6-10,13,15-18,25-27,29-30H2,(H,57,64,65). The smallest absolute Gasteiger partial charge is 0.249 e. The van der Waals surface area contributed by atoms with Crippen molar-refractivity contribution in [2.75, 3.05) is 67.6 Å². The molecule has 18 heteroatoms. The van der Waals surface area contributed by atoms with E-state index in [0.717, 1.165) is 94.1 Å². The number of hydrogen-bond acceptors (Lipinski definition) is 14. The summed E-state index contributed by atoms with van der Waals surface area (Å²) in [7, 11) is 0. The number of halogens is 1. The summed E-state index contributed by atoms with van der Waals surface area (Å²) in [5.41, 5.74) is 6.25. The van der Waals surface area contributed by atoms with Crippen molar-refractivity contribution in [1.29, 1.82) is 5.26 Å². The lowest BCUT2D eigenvalue weighted by molar-refractivity contribution is -0.133. The molecule has 3 unspecified atom stereocenters. The molecule has 1 saturated carbocycles. The maximum Gasteiger partial charge on any atom is 0.249 e. The number of imide groups is 1. The van der Waals surface area contributed by atoms with Gasteiger partial charge in [-0.05, 0) is 74.6 Å². The zero-order chi connectivity index (χ0) is 44.7. The molecule has 0 spiro atoms. The first-order valence-corrected chi connectivity index (χ1v) is 23.0. The normalized spacial score (nSPS) is 24.0. The predicted molar refractivity (Wildman–Crippen MR) is 244 cm³/mol. The number of ether oxygens (including phenoxy) is 1. The summed E-state index contributed by atoms with van der Waals surface area (Å²) >= 11 is 0. The van der Waals surface area contributed by atoms with Crippen LogP contribution in [0.25, 0.3) is 28.0 Å². The van der Waals surface area contributed by atoms with Gasteiger partial charge in [0, 0.05) is 93.7 Å². The van der Waals surface area contributed by atoms with Crippen LogP contribution in [0.1, 0.15) is 55.8 Å². The number of hydrogen-bond donors (Lipinski definition) is 2. The Morgan fingerprint density at radius 1 is 0.833 bits per heavy atom. The van der Waals surface area contributed by atoms with E-state index in [1.165, 1.54) is 6.07 Å². The molecule has 5 aliphatic rings. The van der Waals surface area contributed by atoms with E-state index in [-0.39, 0.29) is 42.2 Å². The van der Waals surface area contributed by atoms with Crippen LogP contribution < -0.4 is 20.4 Å². The zero-order valence-electron chi connectivity index (χ0n) is 36.5. The van der Waals surface area contributed by atoms with Crippen molar-refractivity contribution in [3.05, 3.63) is 103 Å². The molecule has 1 aliphatic carbocycles. The van der Waals surface area contributed by atoms with Crippen LogP contribution in [0.2, 0.25) is 0 Å². The maximum absolute atomic E-state index is 15.4. The second kappa shape index (κ2) is 17.9. The average molecular weight is 891 g/mol. The molecule has 4 aliphatic heterocycles. The number of anilines is 3. The summed E-state index contributed by atoms with van der Waals surface area (Å²) in [5, 5.41) is 24.8. The van der Waals surface area contributed by atoms with E-state index in [1.807, 2.05) is 49.1 Å². The molecular weight excluding hydrogens is 840 g/mol. The first-order valence-electron chi connectivity index (χ1n) is 23.0. The number of pyridine rings is 2. The molecule has 2 amide bonds. The SMILES string of the molecule is N#Cc1cnn2cc(-c3cnn(C4CCC(N5CCN(c6ccc(NC7CCC(=O)NC7=O)cc6F)CC5)CC4)c3)nc(-c3ccc(N4CC5COCC(C4)N5Cc4ccccn4)nc3)c12. The summed E-state index contributed by atoms with van der Waals surface area (Å²) in [5.74, 6) is -0.0909. The van der Waals surface area contributed by atoms with Crippen LogP contribution in [0.5, 0.6) is 0 Å². The second-order valence-electron chi connectivity index (χ2n) is 18.1. The highest BCUT2D eigenvalue weighted by Gasteiger charge is 2.39. The molecule has 2 bridgehead atoms. The maximum atomic E-state index is 15.4. The van der Waals surface area contributed by atoms with Crippen LogP contribution in [-0.4, -0.2) is 133 Å². The van der Waals surface area contributed by atoms with Gasteiger partial charge in [-0.1, -0.05) is 6.07 Å². The van der Waals surface area contributed by atoms with Crippen LogP contribution >= 0.6 is 0 Å². The monoisotopic (exact) mass is 890 g/mol. The molecule has 9 heterocycles. The van der Waals surface area contributed by atoms with E-state index in [4.69, 9.17) is 19.8 Å². The quantitative estimate of drug-likeness (QED) is 0.181. The molecule has 6 aromatic rings. The fourth-order valence-corrected chi connectivity index (χ4v) is 10.6. The molecule has 2 N–H and O–H groups in total. The highest BCUT2D eigenvalue weighted by Crippen LogP contribution is 2.35. The Bertz CT molecular complexity index is 2760. The molecule has 5 aromatic heterocycles. The average Bonchev–Trinajstić information content (AvgIpc) is 4.01. The molecule has 338 valence electrons. The van der Waals surface area contributed by atoms with Crippen molar-refractivity contribution >= 4 is 34.5 Å². The Morgan fingerprint density at radius 2 is 1.65 bits per heavy atom. The largest absolute Gasteiger partial charge is 0.378 e. The number of nitrogens with one attached hydrogen (secondary N) is 2. The molecule has 5 fully saturated rings. The van der Waals surface area contributed by atoms with E-state index in [9.17, 15) is 14.9 Å². The number of morpholine rings is 1. The molecular formula is C48H51FN14O3.